The topological polar surface area (TPSA) is 42.0 Å². The van der Waals surface area contributed by atoms with Gasteiger partial charge in [0.1, 0.15) is 5.60 Å². The number of hydrogen-bond acceptors (Lipinski definition) is 4. The van der Waals surface area contributed by atoms with E-state index in [1.807, 2.05) is 25.7 Å². The van der Waals surface area contributed by atoms with E-state index in [1.165, 1.54) is 0 Å². The molecule has 0 spiro atoms. The molecule has 0 aromatic heterocycles. The number of carbonyl (C=O) groups excluding carboxylic acids is 1. The third-order valence-corrected chi connectivity index (χ3v) is 3.21. The van der Waals surface area contributed by atoms with Crippen LogP contribution in [0.1, 0.15) is 34.1 Å². The van der Waals surface area contributed by atoms with Crippen LogP contribution in [0.15, 0.2) is 0 Å². The Hall–Kier alpha value is -0.810. The molecule has 1 saturated heterocycles. The van der Waals surface area contributed by atoms with Crippen LogP contribution in [-0.2, 0) is 9.47 Å². The van der Waals surface area contributed by atoms with Gasteiger partial charge in [0.25, 0.3) is 0 Å². The maximum absolute atomic E-state index is 12.0. The number of rotatable bonds is 4. The summed E-state index contributed by atoms with van der Waals surface area (Å²) in [6.45, 7) is 12.1. The molecule has 1 atom stereocenters. The highest BCUT2D eigenvalue weighted by Crippen LogP contribution is 2.14. The standard InChI is InChI=1S/C14H28N2O3/c1-12-11-16(13(17)19-14(2,3)4)9-8-15(12)7-6-10-18-5/h12H,6-11H2,1-5H3. The van der Waals surface area contributed by atoms with Crippen molar-refractivity contribution in [2.24, 2.45) is 0 Å². The summed E-state index contributed by atoms with van der Waals surface area (Å²) < 4.78 is 10.5. The fourth-order valence-corrected chi connectivity index (χ4v) is 2.23. The lowest BCUT2D eigenvalue weighted by atomic mass is 10.2. The lowest BCUT2D eigenvalue weighted by Crippen LogP contribution is -2.54. The van der Waals surface area contributed by atoms with Gasteiger partial charge in [0.2, 0.25) is 0 Å². The van der Waals surface area contributed by atoms with Gasteiger partial charge in [-0.2, -0.15) is 0 Å². The summed E-state index contributed by atoms with van der Waals surface area (Å²) >= 11 is 0. The van der Waals surface area contributed by atoms with E-state index in [0.29, 0.717) is 6.04 Å². The van der Waals surface area contributed by atoms with E-state index in [9.17, 15) is 4.79 Å². The number of methoxy groups -OCH3 is 1. The zero-order chi connectivity index (χ0) is 14.5. The van der Waals surface area contributed by atoms with Crippen LogP contribution >= 0.6 is 0 Å². The highest BCUT2D eigenvalue weighted by atomic mass is 16.6. The average molecular weight is 272 g/mol. The van der Waals surface area contributed by atoms with Crippen molar-refractivity contribution < 1.29 is 14.3 Å². The van der Waals surface area contributed by atoms with Gasteiger partial charge >= 0.3 is 6.09 Å². The molecular formula is C14H28N2O3. The van der Waals surface area contributed by atoms with Crippen LogP contribution in [0, 0.1) is 0 Å². The Labute approximate surface area is 116 Å². The Morgan fingerprint density at radius 1 is 1.32 bits per heavy atom. The van der Waals surface area contributed by atoms with Crippen LogP contribution in [0.4, 0.5) is 4.79 Å². The summed E-state index contributed by atoms with van der Waals surface area (Å²) in [4.78, 5) is 16.2. The molecule has 1 aliphatic rings. The Morgan fingerprint density at radius 3 is 2.53 bits per heavy atom. The molecule has 1 amide bonds. The number of nitrogens with zero attached hydrogens (tertiary/aromatic N) is 2. The summed E-state index contributed by atoms with van der Waals surface area (Å²) in [6.07, 6.45) is 0.837. The zero-order valence-electron chi connectivity index (χ0n) is 12.9. The van der Waals surface area contributed by atoms with Crippen molar-refractivity contribution in [3.8, 4) is 0 Å². The second-order valence-electron chi connectivity index (χ2n) is 6.16. The minimum absolute atomic E-state index is 0.198. The van der Waals surface area contributed by atoms with Gasteiger partial charge in [-0.25, -0.2) is 4.79 Å². The molecule has 0 bridgehead atoms. The first kappa shape index (κ1) is 16.2. The molecular weight excluding hydrogens is 244 g/mol. The van der Waals surface area contributed by atoms with Gasteiger partial charge < -0.3 is 14.4 Å². The molecule has 1 unspecified atom stereocenters. The van der Waals surface area contributed by atoms with Crippen LogP contribution < -0.4 is 0 Å². The first-order chi connectivity index (χ1) is 8.83. The highest BCUT2D eigenvalue weighted by Gasteiger charge is 2.29. The number of hydrogen-bond donors (Lipinski definition) is 0. The van der Waals surface area contributed by atoms with E-state index in [4.69, 9.17) is 9.47 Å². The van der Waals surface area contributed by atoms with Crippen molar-refractivity contribution >= 4 is 6.09 Å². The van der Waals surface area contributed by atoms with E-state index in [2.05, 4.69) is 11.8 Å². The van der Waals surface area contributed by atoms with Crippen molar-refractivity contribution in [2.75, 3.05) is 39.9 Å². The predicted molar refractivity (Wildman–Crippen MR) is 75.3 cm³/mol. The van der Waals surface area contributed by atoms with E-state index in [0.717, 1.165) is 39.2 Å². The van der Waals surface area contributed by atoms with Gasteiger partial charge in [-0.3, -0.25) is 4.90 Å². The summed E-state index contributed by atoms with van der Waals surface area (Å²) in [7, 11) is 1.73. The summed E-state index contributed by atoms with van der Waals surface area (Å²) in [5, 5.41) is 0. The molecule has 1 aliphatic heterocycles. The van der Waals surface area contributed by atoms with Crippen LogP contribution in [0.25, 0.3) is 0 Å². The molecule has 0 aromatic carbocycles. The van der Waals surface area contributed by atoms with E-state index < -0.39 is 5.60 Å². The minimum atomic E-state index is -0.421. The Kier molecular flexibility index (Phi) is 6.07. The molecule has 1 fully saturated rings. The van der Waals surface area contributed by atoms with E-state index >= 15 is 0 Å². The number of ether oxygens (including phenoxy) is 2. The maximum Gasteiger partial charge on any atom is 0.410 e. The van der Waals surface area contributed by atoms with Crippen LogP contribution in [0.2, 0.25) is 0 Å². The smallest absolute Gasteiger partial charge is 0.410 e. The minimum Gasteiger partial charge on any atom is -0.444 e. The monoisotopic (exact) mass is 272 g/mol. The Morgan fingerprint density at radius 2 is 2.00 bits per heavy atom. The molecule has 5 heteroatoms. The van der Waals surface area contributed by atoms with Crippen molar-refractivity contribution in [1.29, 1.82) is 0 Å². The van der Waals surface area contributed by atoms with Gasteiger partial charge in [0.15, 0.2) is 0 Å². The van der Waals surface area contributed by atoms with E-state index in [-0.39, 0.29) is 6.09 Å². The molecule has 0 N–H and O–H groups in total. The van der Waals surface area contributed by atoms with Gasteiger partial charge in [0, 0.05) is 45.9 Å². The second kappa shape index (κ2) is 7.10. The Bertz CT molecular complexity index is 289. The summed E-state index contributed by atoms with van der Waals surface area (Å²) in [5.74, 6) is 0. The predicted octanol–water partition coefficient (Wildman–Crippen LogP) is 1.96. The van der Waals surface area contributed by atoms with Gasteiger partial charge in [-0.15, -0.1) is 0 Å². The van der Waals surface area contributed by atoms with Crippen LogP contribution in [0.5, 0.6) is 0 Å². The molecule has 1 rings (SSSR count). The molecule has 0 radical (unpaired) electrons. The van der Waals surface area contributed by atoms with Crippen molar-refractivity contribution in [3.05, 3.63) is 0 Å². The van der Waals surface area contributed by atoms with Gasteiger partial charge in [0.05, 0.1) is 0 Å². The van der Waals surface area contributed by atoms with Crippen molar-refractivity contribution in [2.45, 2.75) is 45.8 Å². The molecule has 0 saturated carbocycles. The quantitative estimate of drug-likeness (QED) is 0.734. The van der Waals surface area contributed by atoms with E-state index in [1.54, 1.807) is 7.11 Å². The fraction of sp³-hybridized carbons (Fsp3) is 0.929. The lowest BCUT2D eigenvalue weighted by molar-refractivity contribution is 0.00482. The molecule has 112 valence electrons. The zero-order valence-corrected chi connectivity index (χ0v) is 12.9. The lowest BCUT2D eigenvalue weighted by Gasteiger charge is -2.40. The van der Waals surface area contributed by atoms with Gasteiger partial charge in [-0.1, -0.05) is 0 Å². The van der Waals surface area contributed by atoms with Crippen LogP contribution in [-0.4, -0.2) is 67.4 Å². The number of carbonyl (C=O) groups is 1. The normalized spacial score (nSPS) is 21.5. The SMILES string of the molecule is COCCCN1CCN(C(=O)OC(C)(C)C)CC1C. The first-order valence-electron chi connectivity index (χ1n) is 7.04. The second-order valence-corrected chi connectivity index (χ2v) is 6.16. The Balaban J connectivity index is 2.38. The number of piperazine rings is 1. The van der Waals surface area contributed by atoms with Crippen molar-refractivity contribution in [1.82, 2.24) is 9.80 Å². The molecule has 5 nitrogen and oxygen atoms in total. The first-order valence-corrected chi connectivity index (χ1v) is 7.04. The molecule has 0 aromatic rings. The van der Waals surface area contributed by atoms with Crippen LogP contribution in [0.3, 0.4) is 0 Å². The highest BCUT2D eigenvalue weighted by molar-refractivity contribution is 5.68. The fourth-order valence-electron chi connectivity index (χ4n) is 2.23. The molecule has 0 aliphatic carbocycles. The third-order valence-electron chi connectivity index (χ3n) is 3.21. The summed E-state index contributed by atoms with van der Waals surface area (Å²) in [6, 6.07) is 0.373. The molecule has 19 heavy (non-hydrogen) atoms. The average Bonchev–Trinajstić information content (AvgIpc) is 2.29. The van der Waals surface area contributed by atoms with Gasteiger partial charge in [-0.05, 0) is 34.1 Å². The third kappa shape index (κ3) is 5.78. The summed E-state index contributed by atoms with van der Waals surface area (Å²) in [5.41, 5.74) is -0.421. The maximum atomic E-state index is 12.0. The molecule has 1 heterocycles. The largest absolute Gasteiger partial charge is 0.444 e. The number of amides is 1. The van der Waals surface area contributed by atoms with Crippen molar-refractivity contribution in [3.63, 3.8) is 0 Å².